The van der Waals surface area contributed by atoms with Gasteiger partial charge in [-0.1, -0.05) is 67.9 Å². The third-order valence-electron chi connectivity index (χ3n) is 7.74. The number of nitrogens with two attached hydrogens (primary N) is 1. The minimum atomic E-state index is -2.13. The number of fused-ring (bicyclic) bond motifs is 2. The Hall–Kier alpha value is -2.34. The molecule has 9 unspecified atom stereocenters. The lowest BCUT2D eigenvalue weighted by atomic mass is 9.78. The van der Waals surface area contributed by atoms with E-state index in [-0.39, 0.29) is 5.92 Å². The largest absolute Gasteiger partial charge is 0.457 e. The maximum absolute atomic E-state index is 13.5. The van der Waals surface area contributed by atoms with Crippen molar-refractivity contribution in [2.24, 2.45) is 28.8 Å². The lowest BCUT2D eigenvalue weighted by molar-refractivity contribution is -0.310. The van der Waals surface area contributed by atoms with Gasteiger partial charge in [-0.2, -0.15) is 0 Å². The van der Waals surface area contributed by atoms with E-state index in [1.807, 2.05) is 50.3 Å². The molecule has 0 radical (unpaired) electrons. The molecular weight excluding hydrogens is 492 g/mol. The molecular formula is C28H42N2O8. The van der Waals surface area contributed by atoms with Gasteiger partial charge in [0, 0.05) is 26.1 Å². The molecule has 10 nitrogen and oxygen atoms in total. The highest BCUT2D eigenvalue weighted by Crippen LogP contribution is 2.40. The number of benzene rings is 1. The van der Waals surface area contributed by atoms with Gasteiger partial charge in [-0.25, -0.2) is 0 Å². The van der Waals surface area contributed by atoms with Crippen molar-refractivity contribution >= 4 is 11.7 Å². The van der Waals surface area contributed by atoms with E-state index >= 15 is 0 Å². The predicted molar refractivity (Wildman–Crippen MR) is 141 cm³/mol. The quantitative estimate of drug-likeness (QED) is 0.302. The minimum Gasteiger partial charge on any atom is -0.457 e. The van der Waals surface area contributed by atoms with E-state index in [1.165, 1.54) is 7.11 Å². The van der Waals surface area contributed by atoms with Crippen LogP contribution in [0.5, 0.6) is 0 Å². The number of hydrogen-bond acceptors (Lipinski definition) is 10. The van der Waals surface area contributed by atoms with Crippen molar-refractivity contribution in [2.45, 2.75) is 82.8 Å². The number of rotatable bonds is 4. The molecule has 1 aromatic rings. The average Bonchev–Trinajstić information content (AvgIpc) is 2.92. The Morgan fingerprint density at radius 1 is 1.05 bits per heavy atom. The highest BCUT2D eigenvalue weighted by Gasteiger charge is 2.58. The fourth-order valence-electron chi connectivity index (χ4n) is 5.37. The molecule has 1 saturated heterocycles. The molecule has 2 heterocycles. The Balaban J connectivity index is 2.05. The van der Waals surface area contributed by atoms with Crippen LogP contribution in [-0.2, 0) is 28.7 Å². The number of carbonyl (C=O) groups excluding carboxylic acids is 1. The molecule has 0 spiro atoms. The number of carbonyl (C=O) groups is 1. The van der Waals surface area contributed by atoms with Crippen LogP contribution in [0.25, 0.3) is 0 Å². The van der Waals surface area contributed by atoms with E-state index in [2.05, 4.69) is 10.1 Å². The molecule has 1 aromatic carbocycles. The summed E-state index contributed by atoms with van der Waals surface area (Å²) in [6.07, 6.45) is 2.63. The van der Waals surface area contributed by atoms with E-state index < -0.39 is 54.1 Å². The van der Waals surface area contributed by atoms with Crippen LogP contribution in [0, 0.1) is 17.8 Å². The van der Waals surface area contributed by atoms with Gasteiger partial charge in [0.1, 0.15) is 12.0 Å². The Kier molecular flexibility index (Phi) is 10.8. The monoisotopic (exact) mass is 534 g/mol. The topological polar surface area (TPSA) is 142 Å². The SMILES string of the molecule is COC1CCCCC(c2ccccc2)OC(=O)C(C)C2(O)OC(C(C)/C=C/C1O)C(C)C(=NON)C2OC. The number of esters is 1. The van der Waals surface area contributed by atoms with Gasteiger partial charge >= 0.3 is 5.97 Å². The van der Waals surface area contributed by atoms with Gasteiger partial charge < -0.3 is 34.1 Å². The second-order valence-corrected chi connectivity index (χ2v) is 10.2. The van der Waals surface area contributed by atoms with Gasteiger partial charge in [0.05, 0.1) is 24.0 Å². The summed E-state index contributed by atoms with van der Waals surface area (Å²) in [6, 6.07) is 9.47. The molecule has 1 fully saturated rings. The number of hydrogen-bond donors (Lipinski definition) is 3. The molecule has 0 saturated carbocycles. The first-order valence-corrected chi connectivity index (χ1v) is 13.2. The second-order valence-electron chi connectivity index (χ2n) is 10.2. The molecule has 0 aliphatic carbocycles. The zero-order valence-corrected chi connectivity index (χ0v) is 22.9. The summed E-state index contributed by atoms with van der Waals surface area (Å²) in [4.78, 5) is 18.1. The first-order chi connectivity index (χ1) is 18.2. The summed E-state index contributed by atoms with van der Waals surface area (Å²) in [6.45, 7) is 5.28. The maximum atomic E-state index is 13.5. The summed E-state index contributed by atoms with van der Waals surface area (Å²) in [5, 5.41) is 26.7. The number of aliphatic hydroxyl groups excluding tert-OH is 1. The fraction of sp³-hybridized carbons (Fsp3) is 0.643. The van der Waals surface area contributed by atoms with Crippen molar-refractivity contribution in [2.75, 3.05) is 14.2 Å². The van der Waals surface area contributed by atoms with Crippen LogP contribution in [0.15, 0.2) is 47.6 Å². The van der Waals surface area contributed by atoms with Gasteiger partial charge in [-0.05, 0) is 31.7 Å². The number of nitrogens with zero attached hydrogens (tertiary/aromatic N) is 1. The van der Waals surface area contributed by atoms with Gasteiger partial charge in [0.25, 0.3) is 0 Å². The van der Waals surface area contributed by atoms with Crippen molar-refractivity contribution in [3.8, 4) is 0 Å². The Labute approximate surface area is 224 Å². The van der Waals surface area contributed by atoms with Crippen LogP contribution in [0.2, 0.25) is 0 Å². The van der Waals surface area contributed by atoms with Crippen molar-refractivity contribution in [1.82, 2.24) is 0 Å². The number of cyclic esters (lactones) is 1. The highest BCUT2D eigenvalue weighted by molar-refractivity contribution is 5.93. The minimum absolute atomic E-state index is 0.296. The summed E-state index contributed by atoms with van der Waals surface area (Å²) in [5.74, 6) is 0.658. The molecule has 9 atom stereocenters. The second kappa shape index (κ2) is 13.6. The van der Waals surface area contributed by atoms with E-state index in [0.717, 1.165) is 18.4 Å². The molecule has 38 heavy (non-hydrogen) atoms. The zero-order chi connectivity index (χ0) is 27.9. The van der Waals surface area contributed by atoms with Gasteiger partial charge in [-0.3, -0.25) is 4.79 Å². The smallest absolute Gasteiger partial charge is 0.314 e. The lowest BCUT2D eigenvalue weighted by Crippen LogP contribution is -2.65. The summed E-state index contributed by atoms with van der Waals surface area (Å²) in [5.41, 5.74) is 1.14. The molecule has 212 valence electrons. The highest BCUT2D eigenvalue weighted by atomic mass is 16.7. The standard InChI is InChI=1S/C28H42N2O8/c1-17-15-16-21(31)23(34-4)14-10-9-13-22(20-11-7-6-8-12-20)36-27(32)19(3)28(33)26(35-5)24(30-38-29)18(2)25(17)37-28/h6-8,11-12,15-19,21-23,25-26,31,33H,9-10,13-14,29H2,1-5H3/b16-15+,30-24?. The van der Waals surface area contributed by atoms with Crippen molar-refractivity contribution < 1.29 is 38.9 Å². The van der Waals surface area contributed by atoms with Crippen LogP contribution in [0.4, 0.5) is 0 Å². The molecule has 10 heteroatoms. The van der Waals surface area contributed by atoms with Crippen LogP contribution >= 0.6 is 0 Å². The maximum Gasteiger partial charge on any atom is 0.314 e. The number of oxime groups is 1. The van der Waals surface area contributed by atoms with Gasteiger partial charge in [0.2, 0.25) is 5.79 Å². The van der Waals surface area contributed by atoms with Crippen LogP contribution in [0.1, 0.15) is 58.1 Å². The summed E-state index contributed by atoms with van der Waals surface area (Å²) < 4.78 is 23.4. The first kappa shape index (κ1) is 30.2. The normalized spacial score (nSPS) is 39.4. The van der Waals surface area contributed by atoms with E-state index in [9.17, 15) is 15.0 Å². The van der Waals surface area contributed by atoms with Gasteiger partial charge in [0.15, 0.2) is 6.10 Å². The molecule has 3 rings (SSSR count). The number of ether oxygens (including phenoxy) is 4. The number of methoxy groups -OCH3 is 2. The lowest BCUT2D eigenvalue weighted by Gasteiger charge is -2.48. The molecule has 4 N–H and O–H groups in total. The third kappa shape index (κ3) is 6.62. The summed E-state index contributed by atoms with van der Waals surface area (Å²) in [7, 11) is 2.96. The van der Waals surface area contributed by atoms with Crippen LogP contribution in [0.3, 0.4) is 0 Å². The Morgan fingerprint density at radius 2 is 1.74 bits per heavy atom. The van der Waals surface area contributed by atoms with Crippen molar-refractivity contribution in [3.05, 3.63) is 48.0 Å². The van der Waals surface area contributed by atoms with E-state index in [4.69, 9.17) is 24.8 Å². The van der Waals surface area contributed by atoms with E-state index in [1.54, 1.807) is 20.1 Å². The zero-order valence-electron chi connectivity index (χ0n) is 22.9. The summed E-state index contributed by atoms with van der Waals surface area (Å²) >= 11 is 0. The van der Waals surface area contributed by atoms with Crippen molar-refractivity contribution in [1.29, 1.82) is 0 Å². The first-order valence-electron chi connectivity index (χ1n) is 13.2. The third-order valence-corrected chi connectivity index (χ3v) is 7.74. The van der Waals surface area contributed by atoms with Gasteiger partial charge in [-0.15, -0.1) is 5.90 Å². The molecule has 0 amide bonds. The predicted octanol–water partition coefficient (Wildman–Crippen LogP) is 3.03. The molecule has 2 aliphatic heterocycles. The average molecular weight is 535 g/mol. The van der Waals surface area contributed by atoms with Crippen LogP contribution in [-0.4, -0.2) is 66.3 Å². The fourth-order valence-corrected chi connectivity index (χ4v) is 5.37. The molecule has 2 aliphatic rings. The Morgan fingerprint density at radius 3 is 2.37 bits per heavy atom. The van der Waals surface area contributed by atoms with Crippen molar-refractivity contribution in [3.63, 3.8) is 0 Å². The van der Waals surface area contributed by atoms with E-state index in [0.29, 0.717) is 18.6 Å². The Bertz CT molecular complexity index is 957. The molecule has 0 aromatic heterocycles. The number of aliphatic hydroxyl groups is 2. The molecule has 2 bridgehead atoms. The van der Waals surface area contributed by atoms with Crippen LogP contribution < -0.4 is 5.90 Å².